The number of carbonyl (C=O) groups is 1. The van der Waals surface area contributed by atoms with E-state index in [1.807, 2.05) is 17.8 Å². The first-order valence-corrected chi connectivity index (χ1v) is 7.65. The van der Waals surface area contributed by atoms with Crippen molar-refractivity contribution in [1.29, 1.82) is 0 Å². The quantitative estimate of drug-likeness (QED) is 0.891. The summed E-state index contributed by atoms with van der Waals surface area (Å²) in [5, 5.41) is 10.1. The van der Waals surface area contributed by atoms with Gasteiger partial charge in [0, 0.05) is 28.4 Å². The molecule has 0 bridgehead atoms. The first kappa shape index (κ1) is 14.0. The van der Waals surface area contributed by atoms with Crippen LogP contribution in [0.25, 0.3) is 10.9 Å². The lowest BCUT2D eigenvalue weighted by atomic mass is 10.1. The smallest absolute Gasteiger partial charge is 0.335 e. The maximum atomic E-state index is 11.0. The predicted molar refractivity (Wildman–Crippen MR) is 81.1 cm³/mol. The Balaban J connectivity index is 2.55. The van der Waals surface area contributed by atoms with Gasteiger partial charge in [-0.3, -0.25) is 0 Å². The van der Waals surface area contributed by atoms with Crippen molar-refractivity contribution in [2.45, 2.75) is 32.6 Å². The van der Waals surface area contributed by atoms with Gasteiger partial charge in [-0.05, 0) is 43.9 Å². The Morgan fingerprint density at radius 1 is 1.37 bits per heavy atom. The summed E-state index contributed by atoms with van der Waals surface area (Å²) in [7, 11) is 0. The molecule has 1 aromatic carbocycles. The van der Waals surface area contributed by atoms with Crippen LogP contribution in [0.5, 0.6) is 0 Å². The van der Waals surface area contributed by atoms with Gasteiger partial charge in [0.1, 0.15) is 0 Å². The molecule has 4 heteroatoms. The van der Waals surface area contributed by atoms with Crippen LogP contribution < -0.4 is 0 Å². The van der Waals surface area contributed by atoms with Crippen LogP contribution in [0.4, 0.5) is 0 Å². The normalized spacial score (nSPS) is 11.4. The second kappa shape index (κ2) is 5.70. The molecule has 0 amide bonds. The Labute approximate surface area is 117 Å². The van der Waals surface area contributed by atoms with Crippen LogP contribution in [-0.4, -0.2) is 21.4 Å². The lowest BCUT2D eigenvalue weighted by Gasteiger charge is -2.14. The van der Waals surface area contributed by atoms with Crippen molar-refractivity contribution in [3.05, 3.63) is 35.5 Å². The van der Waals surface area contributed by atoms with Gasteiger partial charge >= 0.3 is 5.97 Å². The fourth-order valence-electron chi connectivity index (χ4n) is 2.35. The number of carboxylic acid groups (broad SMARTS) is 1. The summed E-state index contributed by atoms with van der Waals surface area (Å²) in [6, 6.07) is 7.85. The van der Waals surface area contributed by atoms with Crippen molar-refractivity contribution in [3.8, 4) is 0 Å². The van der Waals surface area contributed by atoms with Crippen molar-refractivity contribution < 1.29 is 9.90 Å². The number of hydrogen-bond donors (Lipinski definition) is 1. The number of rotatable bonds is 5. The van der Waals surface area contributed by atoms with Crippen molar-refractivity contribution in [2.24, 2.45) is 0 Å². The minimum atomic E-state index is -0.872. The van der Waals surface area contributed by atoms with E-state index in [0.717, 1.165) is 22.4 Å². The molecule has 0 radical (unpaired) electrons. The van der Waals surface area contributed by atoms with E-state index in [1.165, 1.54) is 5.69 Å². The van der Waals surface area contributed by atoms with Gasteiger partial charge in [-0.25, -0.2) is 4.79 Å². The lowest BCUT2D eigenvalue weighted by Crippen LogP contribution is -2.04. The average Bonchev–Trinajstić information content (AvgIpc) is 2.73. The Morgan fingerprint density at radius 3 is 2.68 bits per heavy atom. The zero-order chi connectivity index (χ0) is 14.0. The van der Waals surface area contributed by atoms with Crippen LogP contribution in [0.15, 0.2) is 24.3 Å². The highest BCUT2D eigenvalue weighted by Gasteiger charge is 2.13. The van der Waals surface area contributed by atoms with Crippen LogP contribution in [0, 0.1) is 0 Å². The molecule has 0 fully saturated rings. The van der Waals surface area contributed by atoms with Gasteiger partial charge in [-0.2, -0.15) is 11.8 Å². The number of hydrogen-bond acceptors (Lipinski definition) is 2. The van der Waals surface area contributed by atoms with E-state index in [1.54, 1.807) is 12.1 Å². The van der Waals surface area contributed by atoms with E-state index >= 15 is 0 Å². The maximum absolute atomic E-state index is 11.0. The molecule has 2 rings (SSSR count). The van der Waals surface area contributed by atoms with E-state index < -0.39 is 5.97 Å². The molecule has 1 aromatic heterocycles. The lowest BCUT2D eigenvalue weighted by molar-refractivity contribution is 0.0697. The molecule has 0 spiro atoms. The number of benzene rings is 1. The summed E-state index contributed by atoms with van der Waals surface area (Å²) >= 11 is 1.88. The summed E-state index contributed by atoms with van der Waals surface area (Å²) in [6.45, 7) is 6.46. The molecule has 0 aliphatic carbocycles. The molecule has 3 nitrogen and oxygen atoms in total. The van der Waals surface area contributed by atoms with Crippen LogP contribution in [0.1, 0.15) is 42.9 Å². The van der Waals surface area contributed by atoms with Gasteiger partial charge in [-0.15, -0.1) is 0 Å². The van der Waals surface area contributed by atoms with Gasteiger partial charge in [0.2, 0.25) is 0 Å². The molecular weight excluding hydrogens is 258 g/mol. The molecule has 2 aromatic rings. The third-order valence-corrected chi connectivity index (χ3v) is 4.04. The van der Waals surface area contributed by atoms with Crippen LogP contribution in [0.2, 0.25) is 0 Å². The first-order chi connectivity index (χ1) is 9.04. The minimum Gasteiger partial charge on any atom is -0.478 e. The van der Waals surface area contributed by atoms with Gasteiger partial charge in [0.15, 0.2) is 0 Å². The van der Waals surface area contributed by atoms with E-state index in [0.29, 0.717) is 11.6 Å². The number of carboxylic acids is 1. The maximum Gasteiger partial charge on any atom is 0.335 e. The molecule has 0 aliphatic rings. The summed E-state index contributed by atoms with van der Waals surface area (Å²) in [5.74, 6) is 1.18. The molecule has 1 heterocycles. The summed E-state index contributed by atoms with van der Waals surface area (Å²) in [5.41, 5.74) is 2.73. The molecule has 0 saturated heterocycles. The number of aromatic carboxylic acids is 1. The SMILES string of the molecule is CCSCc1cc2cc(C(=O)O)ccc2n1C(C)C. The Hall–Kier alpha value is -1.42. The molecule has 102 valence electrons. The number of thioether (sulfide) groups is 1. The zero-order valence-corrected chi connectivity index (χ0v) is 12.3. The molecule has 19 heavy (non-hydrogen) atoms. The Kier molecular flexibility index (Phi) is 4.20. The van der Waals surface area contributed by atoms with E-state index in [4.69, 9.17) is 5.11 Å². The number of fused-ring (bicyclic) bond motifs is 1. The topological polar surface area (TPSA) is 42.2 Å². The average molecular weight is 277 g/mol. The van der Waals surface area contributed by atoms with Crippen molar-refractivity contribution in [2.75, 3.05) is 5.75 Å². The summed E-state index contributed by atoms with van der Waals surface area (Å²) < 4.78 is 2.30. The second-order valence-corrected chi connectivity index (χ2v) is 6.09. The standard InChI is InChI=1S/C15H19NO2S/c1-4-19-9-13-8-12-7-11(15(17)18)5-6-14(12)16(13)10(2)3/h5-8,10H,4,9H2,1-3H3,(H,17,18). The van der Waals surface area contributed by atoms with E-state index in [9.17, 15) is 4.79 Å². The van der Waals surface area contributed by atoms with Crippen molar-refractivity contribution in [3.63, 3.8) is 0 Å². The van der Waals surface area contributed by atoms with Gasteiger partial charge in [0.25, 0.3) is 0 Å². The highest BCUT2D eigenvalue weighted by Crippen LogP contribution is 2.27. The molecule has 0 aliphatic heterocycles. The van der Waals surface area contributed by atoms with Crippen LogP contribution in [0.3, 0.4) is 0 Å². The fraction of sp³-hybridized carbons (Fsp3) is 0.400. The van der Waals surface area contributed by atoms with Gasteiger partial charge < -0.3 is 9.67 Å². The number of aromatic nitrogens is 1. The van der Waals surface area contributed by atoms with Gasteiger partial charge in [-0.1, -0.05) is 6.92 Å². The van der Waals surface area contributed by atoms with Crippen LogP contribution >= 0.6 is 11.8 Å². The van der Waals surface area contributed by atoms with Crippen molar-refractivity contribution in [1.82, 2.24) is 4.57 Å². The highest BCUT2D eigenvalue weighted by molar-refractivity contribution is 7.98. The third-order valence-electron chi connectivity index (χ3n) is 3.14. The Morgan fingerprint density at radius 2 is 2.11 bits per heavy atom. The molecule has 0 saturated carbocycles. The molecule has 0 atom stereocenters. The van der Waals surface area contributed by atoms with Crippen LogP contribution in [-0.2, 0) is 5.75 Å². The molecular formula is C15H19NO2S. The van der Waals surface area contributed by atoms with E-state index in [-0.39, 0.29) is 0 Å². The third kappa shape index (κ3) is 2.78. The number of nitrogens with zero attached hydrogens (tertiary/aromatic N) is 1. The van der Waals surface area contributed by atoms with Gasteiger partial charge in [0.05, 0.1) is 5.56 Å². The Bertz CT molecular complexity index is 601. The second-order valence-electron chi connectivity index (χ2n) is 4.82. The predicted octanol–water partition coefficient (Wildman–Crippen LogP) is 4.17. The van der Waals surface area contributed by atoms with Crippen molar-refractivity contribution >= 4 is 28.6 Å². The minimum absolute atomic E-state index is 0.350. The van der Waals surface area contributed by atoms with E-state index in [2.05, 4.69) is 31.4 Å². The highest BCUT2D eigenvalue weighted by atomic mass is 32.2. The largest absolute Gasteiger partial charge is 0.478 e. The monoisotopic (exact) mass is 277 g/mol. The molecule has 1 N–H and O–H groups in total. The summed E-state index contributed by atoms with van der Waals surface area (Å²) in [4.78, 5) is 11.0. The first-order valence-electron chi connectivity index (χ1n) is 6.49. The fourth-order valence-corrected chi connectivity index (χ4v) is 2.99. The molecule has 0 unspecified atom stereocenters. The summed E-state index contributed by atoms with van der Waals surface area (Å²) in [6.07, 6.45) is 0. The zero-order valence-electron chi connectivity index (χ0n) is 11.5.